The van der Waals surface area contributed by atoms with Crippen molar-refractivity contribution in [1.82, 2.24) is 19.0 Å². The molecule has 11 nitrogen and oxygen atoms in total. The number of carbonyl (C=O) groups is 3. The highest BCUT2D eigenvalue weighted by atomic mass is 16.3. The number of imide groups is 1. The van der Waals surface area contributed by atoms with Gasteiger partial charge < -0.3 is 9.73 Å². The van der Waals surface area contributed by atoms with Gasteiger partial charge in [-0.1, -0.05) is 0 Å². The van der Waals surface area contributed by atoms with Gasteiger partial charge in [-0.25, -0.2) is 9.78 Å². The van der Waals surface area contributed by atoms with Crippen molar-refractivity contribution in [3.05, 3.63) is 92.1 Å². The third-order valence-electron chi connectivity index (χ3n) is 5.68. The lowest BCUT2D eigenvalue weighted by Crippen LogP contribution is -2.37. The summed E-state index contributed by atoms with van der Waals surface area (Å²) < 4.78 is 7.41. The van der Waals surface area contributed by atoms with E-state index in [4.69, 9.17) is 4.42 Å². The molecular weight excluding hydrogens is 442 g/mol. The van der Waals surface area contributed by atoms with Crippen molar-refractivity contribution < 1.29 is 18.8 Å². The summed E-state index contributed by atoms with van der Waals surface area (Å²) in [6.45, 7) is -0.0128. The molecule has 170 valence electrons. The predicted molar refractivity (Wildman–Crippen MR) is 120 cm³/mol. The van der Waals surface area contributed by atoms with Gasteiger partial charge in [0.25, 0.3) is 23.3 Å². The molecule has 0 bridgehead atoms. The number of nitrogens with zero attached hydrogens (tertiary/aromatic N) is 4. The van der Waals surface area contributed by atoms with Crippen molar-refractivity contribution in [2.24, 2.45) is 14.1 Å². The SMILES string of the molecule is Cn1c(=O)c2cc(NC(=O)c3ccc4c(c3)C(=O)N(Cc3ccco3)C4=O)cnc2n(C)c1=O. The van der Waals surface area contributed by atoms with Gasteiger partial charge in [0.2, 0.25) is 0 Å². The van der Waals surface area contributed by atoms with Crippen molar-refractivity contribution in [2.45, 2.75) is 6.54 Å². The van der Waals surface area contributed by atoms with Gasteiger partial charge in [-0.3, -0.25) is 33.2 Å². The number of nitrogens with one attached hydrogen (secondary N) is 1. The van der Waals surface area contributed by atoms with E-state index in [2.05, 4.69) is 10.3 Å². The number of benzene rings is 1. The van der Waals surface area contributed by atoms with Crippen molar-refractivity contribution in [1.29, 1.82) is 0 Å². The number of rotatable bonds is 4. The number of hydrogen-bond acceptors (Lipinski definition) is 7. The highest BCUT2D eigenvalue weighted by molar-refractivity contribution is 6.22. The van der Waals surface area contributed by atoms with Gasteiger partial charge in [0, 0.05) is 19.7 Å². The zero-order valence-corrected chi connectivity index (χ0v) is 18.1. The van der Waals surface area contributed by atoms with E-state index < -0.39 is 29.0 Å². The number of carbonyl (C=O) groups excluding carboxylic acids is 3. The molecular formula is C23H17N5O6. The van der Waals surface area contributed by atoms with Crippen molar-refractivity contribution in [3.8, 4) is 0 Å². The number of pyridine rings is 1. The maximum atomic E-state index is 12.8. The van der Waals surface area contributed by atoms with Gasteiger partial charge >= 0.3 is 5.69 Å². The predicted octanol–water partition coefficient (Wildman–Crippen LogP) is 1.27. The van der Waals surface area contributed by atoms with Crippen molar-refractivity contribution >= 4 is 34.4 Å². The second-order valence-corrected chi connectivity index (χ2v) is 7.79. The lowest BCUT2D eigenvalue weighted by Gasteiger charge is -2.11. The fourth-order valence-electron chi connectivity index (χ4n) is 3.87. The molecule has 0 fully saturated rings. The maximum absolute atomic E-state index is 12.8. The van der Waals surface area contributed by atoms with Gasteiger partial charge in [-0.15, -0.1) is 0 Å². The van der Waals surface area contributed by atoms with E-state index in [1.165, 1.54) is 55.4 Å². The van der Waals surface area contributed by atoms with Crippen LogP contribution < -0.4 is 16.6 Å². The third-order valence-corrected chi connectivity index (χ3v) is 5.68. The average molecular weight is 459 g/mol. The van der Waals surface area contributed by atoms with E-state index in [0.717, 1.165) is 9.47 Å². The number of furan rings is 1. The summed E-state index contributed by atoms with van der Waals surface area (Å²) in [5.74, 6) is -1.10. The number of hydrogen-bond donors (Lipinski definition) is 1. The van der Waals surface area contributed by atoms with Crippen LogP contribution in [0.1, 0.15) is 36.8 Å². The molecule has 0 spiro atoms. The van der Waals surface area contributed by atoms with E-state index in [9.17, 15) is 24.0 Å². The Bertz CT molecular complexity index is 1630. The second kappa shape index (κ2) is 7.66. The van der Waals surface area contributed by atoms with Crippen LogP contribution in [0.2, 0.25) is 0 Å². The number of fused-ring (bicyclic) bond motifs is 2. The number of amides is 3. The lowest BCUT2D eigenvalue weighted by molar-refractivity contribution is 0.0631. The molecule has 4 aromatic rings. The Kier molecular flexibility index (Phi) is 4.74. The molecule has 0 saturated heterocycles. The molecule has 0 unspecified atom stereocenters. The van der Waals surface area contributed by atoms with Crippen molar-refractivity contribution in [3.63, 3.8) is 0 Å². The van der Waals surface area contributed by atoms with Crippen LogP contribution in [0.15, 0.2) is 62.9 Å². The standard InChI is InChI=1S/C23H17N5O6/c1-26-18-17(20(30)27(2)23(26)33)9-13(10-24-18)25-19(29)12-5-6-15-16(8-12)22(32)28(21(15)31)11-14-4-3-7-34-14/h3-10H,11H2,1-2H3,(H,25,29). The van der Waals surface area contributed by atoms with E-state index in [1.54, 1.807) is 12.1 Å². The first-order valence-corrected chi connectivity index (χ1v) is 10.2. The summed E-state index contributed by atoms with van der Waals surface area (Å²) in [6, 6.07) is 8.96. The van der Waals surface area contributed by atoms with Crippen LogP contribution in [-0.4, -0.2) is 36.7 Å². The molecule has 0 aliphatic carbocycles. The van der Waals surface area contributed by atoms with Crippen LogP contribution in [0.5, 0.6) is 0 Å². The van der Waals surface area contributed by atoms with Crippen LogP contribution in [0.4, 0.5) is 5.69 Å². The molecule has 0 radical (unpaired) electrons. The summed E-state index contributed by atoms with van der Waals surface area (Å²) in [7, 11) is 2.85. The Balaban J connectivity index is 1.43. The van der Waals surface area contributed by atoms with Crippen molar-refractivity contribution in [2.75, 3.05) is 5.32 Å². The summed E-state index contributed by atoms with van der Waals surface area (Å²) in [4.78, 5) is 68.0. The molecule has 1 N–H and O–H groups in total. The second-order valence-electron chi connectivity index (χ2n) is 7.79. The Morgan fingerprint density at radius 2 is 1.76 bits per heavy atom. The minimum Gasteiger partial charge on any atom is -0.467 e. The molecule has 1 aliphatic rings. The molecule has 3 amide bonds. The third kappa shape index (κ3) is 3.22. The Morgan fingerprint density at radius 1 is 1.00 bits per heavy atom. The van der Waals surface area contributed by atoms with Crippen LogP contribution >= 0.6 is 0 Å². The minimum absolute atomic E-state index is 0.0128. The van der Waals surface area contributed by atoms with Gasteiger partial charge in [-0.05, 0) is 36.4 Å². The summed E-state index contributed by atoms with van der Waals surface area (Å²) in [5.41, 5.74) is -0.178. The molecule has 0 saturated carbocycles. The number of aryl methyl sites for hydroxylation is 1. The highest BCUT2D eigenvalue weighted by Gasteiger charge is 2.36. The first-order valence-electron chi connectivity index (χ1n) is 10.2. The molecule has 0 atom stereocenters. The molecule has 4 heterocycles. The average Bonchev–Trinajstić information content (AvgIpc) is 3.44. The van der Waals surface area contributed by atoms with E-state index in [-0.39, 0.29) is 40.0 Å². The molecule has 3 aromatic heterocycles. The first-order chi connectivity index (χ1) is 16.3. The van der Waals surface area contributed by atoms with E-state index in [0.29, 0.717) is 5.76 Å². The monoisotopic (exact) mass is 459 g/mol. The van der Waals surface area contributed by atoms with Crippen LogP contribution in [0.3, 0.4) is 0 Å². The Labute approximate surface area is 190 Å². The molecule has 34 heavy (non-hydrogen) atoms. The maximum Gasteiger partial charge on any atom is 0.332 e. The van der Waals surface area contributed by atoms with Gasteiger partial charge in [-0.2, -0.15) is 0 Å². The Morgan fingerprint density at radius 3 is 2.50 bits per heavy atom. The van der Waals surface area contributed by atoms with Crippen LogP contribution in [0.25, 0.3) is 11.0 Å². The van der Waals surface area contributed by atoms with E-state index in [1.807, 2.05) is 0 Å². The largest absolute Gasteiger partial charge is 0.467 e. The highest BCUT2D eigenvalue weighted by Crippen LogP contribution is 2.26. The first kappa shape index (κ1) is 21.1. The van der Waals surface area contributed by atoms with E-state index >= 15 is 0 Å². The zero-order valence-electron chi connectivity index (χ0n) is 18.1. The minimum atomic E-state index is -0.560. The topological polar surface area (TPSA) is 137 Å². The smallest absolute Gasteiger partial charge is 0.332 e. The molecule has 5 rings (SSSR count). The fourth-order valence-corrected chi connectivity index (χ4v) is 3.87. The number of aromatic nitrogens is 3. The summed E-state index contributed by atoms with van der Waals surface area (Å²) in [6.07, 6.45) is 2.78. The Hall–Kier alpha value is -4.80. The van der Waals surface area contributed by atoms with Crippen LogP contribution in [0, 0.1) is 0 Å². The van der Waals surface area contributed by atoms with Gasteiger partial charge in [0.1, 0.15) is 11.4 Å². The summed E-state index contributed by atoms with van der Waals surface area (Å²) >= 11 is 0. The number of anilines is 1. The lowest BCUT2D eigenvalue weighted by atomic mass is 10.1. The van der Waals surface area contributed by atoms with Gasteiger partial charge in [0.15, 0.2) is 0 Å². The summed E-state index contributed by atoms with van der Waals surface area (Å²) in [5, 5.41) is 2.79. The van der Waals surface area contributed by atoms with Gasteiger partial charge in [0.05, 0.1) is 41.2 Å². The molecule has 1 aromatic carbocycles. The molecule has 1 aliphatic heterocycles. The normalized spacial score (nSPS) is 12.9. The zero-order chi connectivity index (χ0) is 24.1. The van der Waals surface area contributed by atoms with Crippen LogP contribution in [-0.2, 0) is 20.6 Å². The molecule has 11 heteroatoms. The fraction of sp³-hybridized carbons (Fsp3) is 0.130. The quantitative estimate of drug-likeness (QED) is 0.454.